The van der Waals surface area contributed by atoms with Crippen molar-refractivity contribution in [3.63, 3.8) is 0 Å². The predicted octanol–water partition coefficient (Wildman–Crippen LogP) is 3.18. The van der Waals surface area contributed by atoms with E-state index in [2.05, 4.69) is 10.1 Å². The lowest BCUT2D eigenvalue weighted by Crippen LogP contribution is -2.40. The fourth-order valence-corrected chi connectivity index (χ4v) is 3.89. The molecule has 2 N–H and O–H groups in total. The molecule has 1 atom stereocenters. The zero-order valence-corrected chi connectivity index (χ0v) is 17.5. The molecule has 0 unspecified atom stereocenters. The Morgan fingerprint density at radius 2 is 2.20 bits per heavy atom. The summed E-state index contributed by atoms with van der Waals surface area (Å²) < 4.78 is 20.4. The van der Waals surface area contributed by atoms with Gasteiger partial charge in [-0.05, 0) is 38.0 Å². The fourth-order valence-electron chi connectivity index (χ4n) is 3.71. The Kier molecular flexibility index (Phi) is 5.46. The van der Waals surface area contributed by atoms with Crippen molar-refractivity contribution in [2.75, 3.05) is 30.3 Å². The highest BCUT2D eigenvalue weighted by Crippen LogP contribution is 2.34. The van der Waals surface area contributed by atoms with Gasteiger partial charge in [-0.3, -0.25) is 9.48 Å². The lowest BCUT2D eigenvalue weighted by atomic mass is 9.98. The molecular formula is C20H22ClFN6O2. The zero-order valence-electron chi connectivity index (χ0n) is 16.7. The first-order valence-corrected chi connectivity index (χ1v) is 10.1. The van der Waals surface area contributed by atoms with Gasteiger partial charge in [-0.25, -0.2) is 9.37 Å². The number of ether oxygens (including phenoxy) is 1. The van der Waals surface area contributed by atoms with Crippen LogP contribution in [0.2, 0.25) is 5.02 Å². The number of hydrogen-bond donors (Lipinski definition) is 1. The summed E-state index contributed by atoms with van der Waals surface area (Å²) in [6.45, 7) is 3.30. The largest absolute Gasteiger partial charge is 0.466 e. The minimum Gasteiger partial charge on any atom is -0.466 e. The number of carbonyl (C=O) groups excluding carboxylic acids is 1. The van der Waals surface area contributed by atoms with Crippen LogP contribution in [0.4, 0.5) is 16.2 Å². The first-order chi connectivity index (χ1) is 14.4. The van der Waals surface area contributed by atoms with Crippen LogP contribution in [0, 0.1) is 11.7 Å². The van der Waals surface area contributed by atoms with Gasteiger partial charge >= 0.3 is 5.97 Å². The highest BCUT2D eigenvalue weighted by atomic mass is 35.5. The second-order valence-electron chi connectivity index (χ2n) is 7.25. The highest BCUT2D eigenvalue weighted by Gasteiger charge is 2.29. The lowest BCUT2D eigenvalue weighted by Gasteiger charge is -2.31. The predicted molar refractivity (Wildman–Crippen MR) is 113 cm³/mol. The van der Waals surface area contributed by atoms with Crippen molar-refractivity contribution in [2.24, 2.45) is 13.0 Å². The van der Waals surface area contributed by atoms with Crippen LogP contribution in [0.1, 0.15) is 19.8 Å². The minimum atomic E-state index is -0.515. The number of aromatic nitrogens is 4. The molecule has 1 saturated heterocycles. The number of carbonyl (C=O) groups is 1. The summed E-state index contributed by atoms with van der Waals surface area (Å²) in [5, 5.41) is 4.95. The molecule has 158 valence electrons. The normalized spacial score (nSPS) is 16.8. The van der Waals surface area contributed by atoms with E-state index in [9.17, 15) is 9.18 Å². The Hall–Kier alpha value is -2.94. The third-order valence-corrected chi connectivity index (χ3v) is 5.53. The number of benzene rings is 1. The van der Waals surface area contributed by atoms with E-state index >= 15 is 0 Å². The van der Waals surface area contributed by atoms with E-state index in [0.29, 0.717) is 53.8 Å². The lowest BCUT2D eigenvalue weighted by molar-refractivity contribution is -0.148. The van der Waals surface area contributed by atoms with E-state index in [-0.39, 0.29) is 16.9 Å². The number of fused-ring (bicyclic) bond motifs is 1. The van der Waals surface area contributed by atoms with E-state index in [1.54, 1.807) is 20.0 Å². The Morgan fingerprint density at radius 3 is 2.93 bits per heavy atom. The average Bonchev–Trinajstić information content (AvgIpc) is 3.03. The smallest absolute Gasteiger partial charge is 0.310 e. The van der Waals surface area contributed by atoms with Crippen LogP contribution in [0.3, 0.4) is 0 Å². The monoisotopic (exact) mass is 432 g/mol. The zero-order chi connectivity index (χ0) is 21.4. The quantitative estimate of drug-likeness (QED) is 0.632. The topological polar surface area (TPSA) is 99.2 Å². The summed E-state index contributed by atoms with van der Waals surface area (Å²) in [5.74, 6) is -0.134. The molecule has 3 heterocycles. The number of aryl methyl sites for hydroxylation is 1. The van der Waals surface area contributed by atoms with Crippen LogP contribution >= 0.6 is 11.6 Å². The van der Waals surface area contributed by atoms with Gasteiger partial charge in [-0.2, -0.15) is 10.1 Å². The fraction of sp³-hybridized carbons (Fsp3) is 0.400. The molecule has 10 heteroatoms. The number of esters is 1. The van der Waals surface area contributed by atoms with Crippen LogP contribution in [-0.4, -0.2) is 45.4 Å². The van der Waals surface area contributed by atoms with E-state index in [1.807, 2.05) is 4.90 Å². The summed E-state index contributed by atoms with van der Waals surface area (Å²) in [6.07, 6.45) is 1.57. The van der Waals surface area contributed by atoms with Gasteiger partial charge in [0.1, 0.15) is 11.6 Å². The maximum Gasteiger partial charge on any atom is 0.310 e. The number of anilines is 2. The number of nitrogen functional groups attached to an aromatic ring is 1. The van der Waals surface area contributed by atoms with Gasteiger partial charge in [0.15, 0.2) is 5.65 Å². The standard InChI is InChI=1S/C20H22ClFN6O2/c1-3-30-19(29)12-5-4-8-28(10-12)20-24-16(11-6-7-14(22)13(21)9-11)15-17(23)27(2)26-18(15)25-20/h6-7,9,12H,3-5,8,10,23H2,1-2H3/t12-/m1/s1. The third kappa shape index (κ3) is 3.65. The van der Waals surface area contributed by atoms with Crippen LogP contribution in [0.5, 0.6) is 0 Å². The summed E-state index contributed by atoms with van der Waals surface area (Å²) in [4.78, 5) is 23.5. The molecule has 1 aliphatic heterocycles. The number of piperidine rings is 1. The van der Waals surface area contributed by atoms with Crippen molar-refractivity contribution in [1.82, 2.24) is 19.7 Å². The summed E-state index contributed by atoms with van der Waals surface area (Å²) >= 11 is 6.00. The second-order valence-corrected chi connectivity index (χ2v) is 7.65. The molecule has 0 radical (unpaired) electrons. The maximum absolute atomic E-state index is 13.7. The van der Waals surface area contributed by atoms with Crippen molar-refractivity contribution in [3.05, 3.63) is 29.0 Å². The Balaban J connectivity index is 1.80. The number of nitrogens with zero attached hydrogens (tertiary/aromatic N) is 5. The Morgan fingerprint density at radius 1 is 1.40 bits per heavy atom. The van der Waals surface area contributed by atoms with Gasteiger partial charge in [0.2, 0.25) is 5.95 Å². The first kappa shape index (κ1) is 20.3. The van der Waals surface area contributed by atoms with Gasteiger partial charge < -0.3 is 15.4 Å². The average molecular weight is 433 g/mol. The molecule has 1 aromatic carbocycles. The molecule has 4 rings (SSSR count). The van der Waals surface area contributed by atoms with Crippen LogP contribution in [0.15, 0.2) is 18.2 Å². The molecule has 8 nitrogen and oxygen atoms in total. The van der Waals surface area contributed by atoms with E-state index in [1.165, 1.54) is 16.8 Å². The third-order valence-electron chi connectivity index (χ3n) is 5.24. The summed E-state index contributed by atoms with van der Waals surface area (Å²) in [6, 6.07) is 4.39. The van der Waals surface area contributed by atoms with Gasteiger partial charge in [0.25, 0.3) is 0 Å². The second kappa shape index (κ2) is 8.06. The number of halogens is 2. The highest BCUT2D eigenvalue weighted by molar-refractivity contribution is 6.31. The number of hydrogen-bond acceptors (Lipinski definition) is 7. The van der Waals surface area contributed by atoms with Crippen LogP contribution in [0.25, 0.3) is 22.3 Å². The van der Waals surface area contributed by atoms with E-state index in [0.717, 1.165) is 12.8 Å². The molecule has 0 bridgehead atoms. The molecule has 0 aliphatic carbocycles. The Bertz CT molecular complexity index is 1120. The van der Waals surface area contributed by atoms with Crippen molar-refractivity contribution in [2.45, 2.75) is 19.8 Å². The molecule has 0 spiro atoms. The molecule has 3 aromatic rings. The van der Waals surface area contributed by atoms with Crippen LogP contribution < -0.4 is 10.6 Å². The molecule has 1 fully saturated rings. The molecule has 2 aromatic heterocycles. The molecule has 0 amide bonds. The SMILES string of the molecule is CCOC(=O)[C@@H]1CCCN(c2nc(-c3ccc(F)c(Cl)c3)c3c(N)n(C)nc3n2)C1. The van der Waals surface area contributed by atoms with Gasteiger partial charge in [0.05, 0.1) is 28.6 Å². The maximum atomic E-state index is 13.7. The number of nitrogens with two attached hydrogens (primary N) is 1. The molecule has 30 heavy (non-hydrogen) atoms. The van der Waals surface area contributed by atoms with Crippen LogP contribution in [-0.2, 0) is 16.6 Å². The Labute approximate surface area is 177 Å². The van der Waals surface area contributed by atoms with Gasteiger partial charge in [-0.15, -0.1) is 0 Å². The van der Waals surface area contributed by atoms with E-state index < -0.39 is 5.82 Å². The van der Waals surface area contributed by atoms with E-state index in [4.69, 9.17) is 27.1 Å². The van der Waals surface area contributed by atoms with Crippen molar-refractivity contribution in [1.29, 1.82) is 0 Å². The summed E-state index contributed by atoms with van der Waals surface area (Å²) in [5.41, 5.74) is 7.75. The first-order valence-electron chi connectivity index (χ1n) is 9.76. The molecule has 0 saturated carbocycles. The van der Waals surface area contributed by atoms with Gasteiger partial charge in [-0.1, -0.05) is 11.6 Å². The molecule has 1 aliphatic rings. The minimum absolute atomic E-state index is 0.0105. The van der Waals surface area contributed by atoms with Crippen molar-refractivity contribution < 1.29 is 13.9 Å². The van der Waals surface area contributed by atoms with Gasteiger partial charge in [0, 0.05) is 25.7 Å². The van der Waals surface area contributed by atoms with Crippen molar-refractivity contribution in [3.8, 4) is 11.3 Å². The number of rotatable bonds is 4. The summed E-state index contributed by atoms with van der Waals surface area (Å²) in [7, 11) is 1.72. The molecular weight excluding hydrogens is 411 g/mol. The van der Waals surface area contributed by atoms with Crippen molar-refractivity contribution >= 4 is 40.4 Å².